The van der Waals surface area contributed by atoms with E-state index in [1.807, 2.05) is 18.2 Å². The number of alkyl halides is 2. The summed E-state index contributed by atoms with van der Waals surface area (Å²) in [5.41, 5.74) is -0.0759. The Morgan fingerprint density at radius 1 is 0.962 bits per heavy atom. The van der Waals surface area contributed by atoms with Gasteiger partial charge in [0.15, 0.2) is 0 Å². The summed E-state index contributed by atoms with van der Waals surface area (Å²) in [5.74, 6) is -0.679. The predicted molar refractivity (Wildman–Crippen MR) is 90.4 cm³/mol. The van der Waals surface area contributed by atoms with Crippen LogP contribution in [-0.4, -0.2) is 38.1 Å². The van der Waals surface area contributed by atoms with E-state index in [1.165, 1.54) is 24.3 Å². The molecule has 0 aliphatic carbocycles. The summed E-state index contributed by atoms with van der Waals surface area (Å²) >= 11 is 0. The normalized spacial score (nSPS) is 10.3. The Bertz CT molecular complexity index is 726. The second kappa shape index (κ2) is 9.97. The molecule has 2 aromatic rings. The number of carbonyl (C=O) groups excluding carboxylic acids is 2. The van der Waals surface area contributed by atoms with Gasteiger partial charge in [0, 0.05) is 0 Å². The molecule has 138 valence electrons. The molecule has 26 heavy (non-hydrogen) atoms. The molecule has 2 aromatic carbocycles. The quantitative estimate of drug-likeness (QED) is 0.669. The van der Waals surface area contributed by atoms with Crippen molar-refractivity contribution >= 4 is 11.8 Å². The molecule has 0 aliphatic heterocycles. The monoisotopic (exact) mass is 364 g/mol. The molecule has 2 amide bonds. The van der Waals surface area contributed by atoms with Crippen molar-refractivity contribution in [1.82, 2.24) is 10.6 Å². The lowest BCUT2D eigenvalue weighted by Gasteiger charge is -2.11. The molecule has 0 spiro atoms. The first-order chi connectivity index (χ1) is 12.6. The zero-order valence-electron chi connectivity index (χ0n) is 13.8. The third-order valence-electron chi connectivity index (χ3n) is 3.19. The summed E-state index contributed by atoms with van der Waals surface area (Å²) in [6, 6.07) is 14.7. The molecule has 2 rings (SSSR count). The molecule has 0 bridgehead atoms. The molecule has 6 nitrogen and oxygen atoms in total. The van der Waals surface area contributed by atoms with Gasteiger partial charge in [0.1, 0.15) is 18.1 Å². The van der Waals surface area contributed by atoms with E-state index in [1.54, 1.807) is 12.1 Å². The number of ether oxygens (including phenoxy) is 2. The van der Waals surface area contributed by atoms with Gasteiger partial charge in [-0.3, -0.25) is 9.59 Å². The van der Waals surface area contributed by atoms with Gasteiger partial charge in [0.05, 0.1) is 18.7 Å². The van der Waals surface area contributed by atoms with Crippen LogP contribution in [0.5, 0.6) is 11.5 Å². The van der Waals surface area contributed by atoms with Gasteiger partial charge in [-0.1, -0.05) is 30.3 Å². The number of hydrogen-bond acceptors (Lipinski definition) is 4. The Labute approximate surface area is 149 Å². The van der Waals surface area contributed by atoms with Crippen molar-refractivity contribution in [1.29, 1.82) is 0 Å². The molecule has 0 saturated heterocycles. The summed E-state index contributed by atoms with van der Waals surface area (Å²) in [6.45, 7) is -2.81. The summed E-state index contributed by atoms with van der Waals surface area (Å²) in [4.78, 5) is 23.7. The number of halogens is 2. The second-order valence-corrected chi connectivity index (χ2v) is 5.07. The van der Waals surface area contributed by atoms with Crippen LogP contribution in [0.2, 0.25) is 0 Å². The van der Waals surface area contributed by atoms with E-state index in [9.17, 15) is 18.4 Å². The third-order valence-corrected chi connectivity index (χ3v) is 3.19. The van der Waals surface area contributed by atoms with Crippen LogP contribution in [0, 0.1) is 0 Å². The number of hydrogen-bond donors (Lipinski definition) is 2. The summed E-state index contributed by atoms with van der Waals surface area (Å²) in [6.07, 6.45) is 0. The lowest BCUT2D eigenvalue weighted by atomic mass is 10.2. The van der Waals surface area contributed by atoms with Crippen molar-refractivity contribution in [2.75, 3.05) is 19.7 Å². The largest absolute Gasteiger partial charge is 0.492 e. The van der Waals surface area contributed by atoms with Crippen LogP contribution in [0.4, 0.5) is 8.78 Å². The first-order valence-electron chi connectivity index (χ1n) is 7.83. The number of para-hydroxylation sites is 2. The highest BCUT2D eigenvalue weighted by molar-refractivity contribution is 5.98. The maximum Gasteiger partial charge on any atom is 0.387 e. The Morgan fingerprint density at radius 3 is 2.38 bits per heavy atom. The zero-order chi connectivity index (χ0) is 18.8. The average molecular weight is 364 g/mol. The fourth-order valence-corrected chi connectivity index (χ4v) is 2.05. The molecule has 8 heteroatoms. The Morgan fingerprint density at radius 2 is 1.65 bits per heavy atom. The molecule has 0 unspecified atom stereocenters. The SMILES string of the molecule is O=C(CNC(=O)c1ccccc1OC(F)F)NCCOc1ccccc1. The molecule has 0 aromatic heterocycles. The highest BCUT2D eigenvalue weighted by atomic mass is 19.3. The van der Waals surface area contributed by atoms with Gasteiger partial charge < -0.3 is 20.1 Å². The number of amides is 2. The molecule has 0 heterocycles. The fourth-order valence-electron chi connectivity index (χ4n) is 2.05. The second-order valence-electron chi connectivity index (χ2n) is 5.07. The van der Waals surface area contributed by atoms with E-state index in [4.69, 9.17) is 4.74 Å². The molecule has 2 N–H and O–H groups in total. The van der Waals surface area contributed by atoms with E-state index in [0.29, 0.717) is 5.75 Å². The van der Waals surface area contributed by atoms with E-state index < -0.39 is 18.4 Å². The van der Waals surface area contributed by atoms with Crippen LogP contribution >= 0.6 is 0 Å². The van der Waals surface area contributed by atoms with Gasteiger partial charge in [-0.05, 0) is 24.3 Å². The lowest BCUT2D eigenvalue weighted by Crippen LogP contribution is -2.38. The van der Waals surface area contributed by atoms with Crippen LogP contribution < -0.4 is 20.1 Å². The maximum absolute atomic E-state index is 12.3. The highest BCUT2D eigenvalue weighted by Gasteiger charge is 2.15. The van der Waals surface area contributed by atoms with Gasteiger partial charge in [-0.15, -0.1) is 0 Å². The molecule has 0 aliphatic rings. The molecular weight excluding hydrogens is 346 g/mol. The van der Waals surface area contributed by atoms with E-state index >= 15 is 0 Å². The van der Waals surface area contributed by atoms with Crippen molar-refractivity contribution < 1.29 is 27.8 Å². The maximum atomic E-state index is 12.3. The van der Waals surface area contributed by atoms with E-state index in [0.717, 1.165) is 0 Å². The Balaban J connectivity index is 1.72. The minimum Gasteiger partial charge on any atom is -0.492 e. The minimum absolute atomic E-state index is 0.0759. The Kier molecular flexibility index (Phi) is 7.35. The number of rotatable bonds is 9. The Hall–Kier alpha value is -3.16. The van der Waals surface area contributed by atoms with Crippen molar-refractivity contribution in [2.24, 2.45) is 0 Å². The van der Waals surface area contributed by atoms with Gasteiger partial charge in [0.25, 0.3) is 5.91 Å². The zero-order valence-corrected chi connectivity index (χ0v) is 13.8. The minimum atomic E-state index is -3.04. The smallest absolute Gasteiger partial charge is 0.387 e. The number of benzene rings is 2. The molecule has 0 radical (unpaired) electrons. The number of nitrogens with one attached hydrogen (secondary N) is 2. The molecule has 0 atom stereocenters. The molecule has 0 saturated carbocycles. The summed E-state index contributed by atoms with van der Waals surface area (Å²) in [7, 11) is 0. The third kappa shape index (κ3) is 6.39. The van der Waals surface area contributed by atoms with Crippen LogP contribution in [-0.2, 0) is 4.79 Å². The number of carbonyl (C=O) groups is 2. The van der Waals surface area contributed by atoms with Gasteiger partial charge >= 0.3 is 6.61 Å². The average Bonchev–Trinajstić information content (AvgIpc) is 2.64. The molecule has 0 fully saturated rings. The topological polar surface area (TPSA) is 76.7 Å². The van der Waals surface area contributed by atoms with E-state index in [-0.39, 0.29) is 31.0 Å². The van der Waals surface area contributed by atoms with Crippen molar-refractivity contribution in [2.45, 2.75) is 6.61 Å². The fraction of sp³-hybridized carbons (Fsp3) is 0.222. The van der Waals surface area contributed by atoms with Crippen molar-refractivity contribution in [3.05, 3.63) is 60.2 Å². The van der Waals surface area contributed by atoms with Crippen LogP contribution in [0.25, 0.3) is 0 Å². The first kappa shape index (κ1) is 19.2. The summed E-state index contributed by atoms with van der Waals surface area (Å²) in [5, 5.41) is 4.93. The first-order valence-corrected chi connectivity index (χ1v) is 7.83. The highest BCUT2D eigenvalue weighted by Crippen LogP contribution is 2.19. The molecular formula is C18H18F2N2O4. The lowest BCUT2D eigenvalue weighted by molar-refractivity contribution is -0.120. The van der Waals surface area contributed by atoms with Gasteiger partial charge in [-0.25, -0.2) is 0 Å². The van der Waals surface area contributed by atoms with Crippen molar-refractivity contribution in [3.63, 3.8) is 0 Å². The van der Waals surface area contributed by atoms with Crippen LogP contribution in [0.1, 0.15) is 10.4 Å². The van der Waals surface area contributed by atoms with Gasteiger partial charge in [-0.2, -0.15) is 8.78 Å². The van der Waals surface area contributed by atoms with Crippen LogP contribution in [0.3, 0.4) is 0 Å². The standard InChI is InChI=1S/C18H18F2N2O4/c19-18(20)26-15-9-5-4-8-14(15)17(24)22-12-16(23)21-10-11-25-13-6-2-1-3-7-13/h1-9,18H,10-12H2,(H,21,23)(H,22,24). The van der Waals surface area contributed by atoms with Crippen molar-refractivity contribution in [3.8, 4) is 11.5 Å². The predicted octanol–water partition coefficient (Wildman–Crippen LogP) is 2.21. The van der Waals surface area contributed by atoms with E-state index in [2.05, 4.69) is 15.4 Å². The summed E-state index contributed by atoms with van der Waals surface area (Å²) < 4.78 is 34.4. The van der Waals surface area contributed by atoms with Gasteiger partial charge in [0.2, 0.25) is 5.91 Å². The van der Waals surface area contributed by atoms with Crippen LogP contribution in [0.15, 0.2) is 54.6 Å².